The molecule has 5 heteroatoms. The van der Waals surface area contributed by atoms with E-state index in [0.717, 1.165) is 31.8 Å². The number of H-pyrrole nitrogens is 1. The lowest BCUT2D eigenvalue weighted by molar-refractivity contribution is -0.147. The van der Waals surface area contributed by atoms with Crippen molar-refractivity contribution in [3.63, 3.8) is 0 Å². The molecule has 1 saturated heterocycles. The van der Waals surface area contributed by atoms with Gasteiger partial charge in [-0.15, -0.1) is 0 Å². The molecule has 0 bridgehead atoms. The molecule has 100 valence electrons. The fraction of sp³-hybridized carbons (Fsp3) is 0.846. The molecule has 1 spiro atoms. The maximum absolute atomic E-state index is 6.00. The van der Waals surface area contributed by atoms with Gasteiger partial charge in [0.05, 0.1) is 11.6 Å². The Kier molecular flexibility index (Phi) is 3.35. The molecule has 2 fully saturated rings. The highest BCUT2D eigenvalue weighted by Crippen LogP contribution is 2.46. The molecule has 1 aromatic rings. The number of ether oxygens (including phenoxy) is 1. The molecule has 1 saturated carbocycles. The highest BCUT2D eigenvalue weighted by Gasteiger charge is 2.44. The summed E-state index contributed by atoms with van der Waals surface area (Å²) in [6, 6.07) is 0.291. The van der Waals surface area contributed by atoms with Crippen LogP contribution >= 0.6 is 0 Å². The van der Waals surface area contributed by atoms with Gasteiger partial charge in [0, 0.05) is 6.61 Å². The first kappa shape index (κ1) is 12.1. The van der Waals surface area contributed by atoms with Gasteiger partial charge in [-0.05, 0) is 44.6 Å². The SMILES string of the molecule is CCNC(c1ncn[nH]1)C1CCOC2(CCC2)C1. The van der Waals surface area contributed by atoms with Crippen LogP contribution in [0.25, 0.3) is 0 Å². The lowest BCUT2D eigenvalue weighted by atomic mass is 9.70. The minimum Gasteiger partial charge on any atom is -0.375 e. The quantitative estimate of drug-likeness (QED) is 0.855. The van der Waals surface area contributed by atoms with Crippen molar-refractivity contribution in [3.8, 4) is 0 Å². The number of hydrogen-bond donors (Lipinski definition) is 2. The number of nitrogens with one attached hydrogen (secondary N) is 2. The Hall–Kier alpha value is -0.940. The maximum atomic E-state index is 6.00. The summed E-state index contributed by atoms with van der Waals surface area (Å²) in [7, 11) is 0. The molecule has 1 aromatic heterocycles. The van der Waals surface area contributed by atoms with E-state index < -0.39 is 0 Å². The lowest BCUT2D eigenvalue weighted by Crippen LogP contribution is -2.48. The first-order chi connectivity index (χ1) is 8.83. The second-order valence-electron chi connectivity index (χ2n) is 5.54. The molecule has 18 heavy (non-hydrogen) atoms. The third-order valence-corrected chi connectivity index (χ3v) is 4.42. The zero-order valence-corrected chi connectivity index (χ0v) is 11.0. The van der Waals surface area contributed by atoms with Crippen LogP contribution in [-0.2, 0) is 4.74 Å². The number of hydrogen-bond acceptors (Lipinski definition) is 4. The van der Waals surface area contributed by atoms with E-state index in [4.69, 9.17) is 4.74 Å². The molecule has 2 N–H and O–H groups in total. The standard InChI is InChI=1S/C13H22N4O/c1-2-14-11(12-15-9-16-17-12)10-4-7-18-13(8-10)5-3-6-13/h9-11,14H,2-8H2,1H3,(H,15,16,17). The molecule has 0 radical (unpaired) electrons. The predicted octanol–water partition coefficient (Wildman–Crippen LogP) is 1.80. The third kappa shape index (κ3) is 2.17. The van der Waals surface area contributed by atoms with Crippen LogP contribution in [0.2, 0.25) is 0 Å². The number of rotatable bonds is 4. The second-order valence-corrected chi connectivity index (χ2v) is 5.54. The summed E-state index contributed by atoms with van der Waals surface area (Å²) < 4.78 is 6.00. The molecule has 0 aromatic carbocycles. The van der Waals surface area contributed by atoms with E-state index in [0.29, 0.717) is 12.0 Å². The fourth-order valence-corrected chi connectivity index (χ4v) is 3.34. The van der Waals surface area contributed by atoms with Gasteiger partial charge < -0.3 is 10.1 Å². The Morgan fingerprint density at radius 1 is 1.61 bits per heavy atom. The van der Waals surface area contributed by atoms with E-state index in [1.54, 1.807) is 6.33 Å². The average molecular weight is 250 g/mol. The summed E-state index contributed by atoms with van der Waals surface area (Å²) >= 11 is 0. The Bertz CT molecular complexity index is 374. The van der Waals surface area contributed by atoms with Crippen molar-refractivity contribution in [1.82, 2.24) is 20.5 Å². The van der Waals surface area contributed by atoms with Crippen molar-refractivity contribution in [2.75, 3.05) is 13.2 Å². The average Bonchev–Trinajstić information content (AvgIpc) is 2.88. The zero-order chi connectivity index (χ0) is 12.4. The van der Waals surface area contributed by atoms with Crippen molar-refractivity contribution in [1.29, 1.82) is 0 Å². The molecule has 2 atom stereocenters. The van der Waals surface area contributed by atoms with Gasteiger partial charge in [0.15, 0.2) is 0 Å². The van der Waals surface area contributed by atoms with Crippen LogP contribution in [0.4, 0.5) is 0 Å². The highest BCUT2D eigenvalue weighted by molar-refractivity contribution is 5.01. The molecule has 3 rings (SSSR count). The van der Waals surface area contributed by atoms with Gasteiger partial charge in [-0.3, -0.25) is 5.10 Å². The normalized spacial score (nSPS) is 27.9. The van der Waals surface area contributed by atoms with Crippen LogP contribution in [0, 0.1) is 5.92 Å². The van der Waals surface area contributed by atoms with E-state index in [1.165, 1.54) is 19.3 Å². The van der Waals surface area contributed by atoms with E-state index in [9.17, 15) is 0 Å². The summed E-state index contributed by atoms with van der Waals surface area (Å²) in [5, 5.41) is 10.6. The van der Waals surface area contributed by atoms with Crippen LogP contribution in [0.15, 0.2) is 6.33 Å². The molecule has 2 unspecified atom stereocenters. The summed E-state index contributed by atoms with van der Waals surface area (Å²) in [4.78, 5) is 4.33. The van der Waals surface area contributed by atoms with Gasteiger partial charge in [0.1, 0.15) is 12.2 Å². The third-order valence-electron chi connectivity index (χ3n) is 4.42. The summed E-state index contributed by atoms with van der Waals surface area (Å²) in [6.45, 7) is 3.98. The van der Waals surface area contributed by atoms with Crippen molar-refractivity contribution in [3.05, 3.63) is 12.2 Å². The van der Waals surface area contributed by atoms with Crippen LogP contribution in [0.3, 0.4) is 0 Å². The topological polar surface area (TPSA) is 62.8 Å². The number of aromatic nitrogens is 3. The van der Waals surface area contributed by atoms with Gasteiger partial charge in [-0.1, -0.05) is 6.92 Å². The van der Waals surface area contributed by atoms with Crippen molar-refractivity contribution in [2.45, 2.75) is 50.7 Å². The molecule has 2 heterocycles. The summed E-state index contributed by atoms with van der Waals surface area (Å²) in [6.07, 6.45) is 7.65. The summed E-state index contributed by atoms with van der Waals surface area (Å²) in [5.41, 5.74) is 0.191. The maximum Gasteiger partial charge on any atom is 0.141 e. The van der Waals surface area contributed by atoms with Gasteiger partial charge in [-0.25, -0.2) is 4.98 Å². The largest absolute Gasteiger partial charge is 0.375 e. The Balaban J connectivity index is 1.73. The van der Waals surface area contributed by atoms with Crippen molar-refractivity contribution >= 4 is 0 Å². The predicted molar refractivity (Wildman–Crippen MR) is 68.1 cm³/mol. The van der Waals surface area contributed by atoms with Crippen LogP contribution in [-0.4, -0.2) is 33.9 Å². The van der Waals surface area contributed by atoms with E-state index in [-0.39, 0.29) is 5.60 Å². The number of aromatic amines is 1. The van der Waals surface area contributed by atoms with Crippen molar-refractivity contribution < 1.29 is 4.74 Å². The Morgan fingerprint density at radius 2 is 2.50 bits per heavy atom. The molecule has 1 aliphatic heterocycles. The fourth-order valence-electron chi connectivity index (χ4n) is 3.34. The first-order valence-electron chi connectivity index (χ1n) is 7.05. The van der Waals surface area contributed by atoms with Crippen molar-refractivity contribution in [2.24, 2.45) is 5.92 Å². The first-order valence-corrected chi connectivity index (χ1v) is 7.05. The monoisotopic (exact) mass is 250 g/mol. The van der Waals surface area contributed by atoms with Crippen LogP contribution < -0.4 is 5.32 Å². The lowest BCUT2D eigenvalue weighted by Gasteiger charge is -2.48. The zero-order valence-electron chi connectivity index (χ0n) is 11.0. The molecular formula is C13H22N4O. The molecule has 0 amide bonds. The molecular weight excluding hydrogens is 228 g/mol. The minimum atomic E-state index is 0.191. The van der Waals surface area contributed by atoms with Crippen LogP contribution in [0.1, 0.15) is 50.9 Å². The van der Waals surface area contributed by atoms with E-state index >= 15 is 0 Å². The molecule has 5 nitrogen and oxygen atoms in total. The molecule has 1 aliphatic carbocycles. The summed E-state index contributed by atoms with van der Waals surface area (Å²) in [5.74, 6) is 1.57. The van der Waals surface area contributed by atoms with E-state index in [2.05, 4.69) is 27.4 Å². The smallest absolute Gasteiger partial charge is 0.141 e. The minimum absolute atomic E-state index is 0.191. The van der Waals surface area contributed by atoms with Gasteiger partial charge in [-0.2, -0.15) is 5.10 Å². The van der Waals surface area contributed by atoms with Gasteiger partial charge >= 0.3 is 0 Å². The number of nitrogens with zero attached hydrogens (tertiary/aromatic N) is 2. The van der Waals surface area contributed by atoms with Crippen LogP contribution in [0.5, 0.6) is 0 Å². The van der Waals surface area contributed by atoms with Gasteiger partial charge in [0.25, 0.3) is 0 Å². The Labute approximate surface area is 108 Å². The molecule has 2 aliphatic rings. The highest BCUT2D eigenvalue weighted by atomic mass is 16.5. The van der Waals surface area contributed by atoms with Gasteiger partial charge in [0.2, 0.25) is 0 Å². The second kappa shape index (κ2) is 4.97. The Morgan fingerprint density at radius 3 is 3.11 bits per heavy atom. The van der Waals surface area contributed by atoms with E-state index in [1.807, 2.05) is 0 Å².